The zero-order valence-corrected chi connectivity index (χ0v) is 11.3. The van der Waals surface area contributed by atoms with Crippen LogP contribution >= 0.6 is 0 Å². The third-order valence-electron chi connectivity index (χ3n) is 3.93. The van der Waals surface area contributed by atoms with E-state index in [0.29, 0.717) is 6.54 Å². The first kappa shape index (κ1) is 12.5. The smallest absolute Gasteiger partial charge is 0.320 e. The van der Waals surface area contributed by atoms with Gasteiger partial charge in [0.25, 0.3) is 0 Å². The van der Waals surface area contributed by atoms with Gasteiger partial charge in [0.2, 0.25) is 0 Å². The highest BCUT2D eigenvalue weighted by molar-refractivity contribution is 5.74. The average molecular weight is 261 g/mol. The summed E-state index contributed by atoms with van der Waals surface area (Å²) in [5.74, 6) is 0.254. The minimum atomic E-state index is -0.711. The van der Waals surface area contributed by atoms with Crippen molar-refractivity contribution in [1.82, 2.24) is 4.90 Å². The highest BCUT2D eigenvalue weighted by Crippen LogP contribution is 2.35. The Bertz CT molecular complexity index is 524. The monoisotopic (exact) mass is 261 g/mol. The maximum Gasteiger partial charge on any atom is 0.320 e. The van der Waals surface area contributed by atoms with Crippen molar-refractivity contribution in [1.29, 1.82) is 0 Å². The summed E-state index contributed by atoms with van der Waals surface area (Å²) in [7, 11) is 0. The summed E-state index contributed by atoms with van der Waals surface area (Å²) in [5.41, 5.74) is 2.28. The Morgan fingerprint density at radius 1 is 1.53 bits per heavy atom. The summed E-state index contributed by atoms with van der Waals surface area (Å²) in [5, 5.41) is 9.04. The molecule has 0 unspecified atom stereocenters. The number of nitrogens with zero attached hydrogens (tertiary/aromatic N) is 1. The molecule has 4 heteroatoms. The molecule has 0 bridgehead atoms. The molecule has 1 N–H and O–H groups in total. The lowest BCUT2D eigenvalue weighted by atomic mass is 9.98. The number of benzene rings is 1. The van der Waals surface area contributed by atoms with Gasteiger partial charge in [0.15, 0.2) is 0 Å². The topological polar surface area (TPSA) is 49.8 Å². The normalized spacial score (nSPS) is 24.4. The van der Waals surface area contributed by atoms with Gasteiger partial charge in [-0.3, -0.25) is 9.69 Å². The molecule has 2 aliphatic rings. The fraction of sp³-hybridized carbons (Fsp3) is 0.533. The Labute approximate surface area is 113 Å². The number of fused-ring (bicyclic) bond motifs is 1. The van der Waals surface area contributed by atoms with E-state index in [1.165, 1.54) is 11.1 Å². The van der Waals surface area contributed by atoms with E-state index in [4.69, 9.17) is 9.84 Å². The molecular formula is C15H19NO3. The van der Waals surface area contributed by atoms with E-state index in [-0.39, 0.29) is 11.6 Å². The van der Waals surface area contributed by atoms with Crippen LogP contribution in [0.5, 0.6) is 5.75 Å². The first-order valence-electron chi connectivity index (χ1n) is 6.72. The number of ether oxygens (including phenoxy) is 1. The van der Waals surface area contributed by atoms with Crippen molar-refractivity contribution in [3.63, 3.8) is 0 Å². The van der Waals surface area contributed by atoms with Gasteiger partial charge in [0.1, 0.15) is 17.4 Å². The lowest BCUT2D eigenvalue weighted by Gasteiger charge is -2.37. The number of hydrogen-bond donors (Lipinski definition) is 1. The van der Waals surface area contributed by atoms with E-state index < -0.39 is 5.97 Å². The van der Waals surface area contributed by atoms with E-state index >= 15 is 0 Å². The predicted octanol–water partition coefficient (Wildman–Crippen LogP) is 2.06. The molecule has 0 saturated carbocycles. The molecule has 1 atom stereocenters. The molecular weight excluding hydrogens is 242 g/mol. The van der Waals surface area contributed by atoms with Gasteiger partial charge in [-0.05, 0) is 37.5 Å². The van der Waals surface area contributed by atoms with E-state index in [1.807, 2.05) is 17.0 Å². The van der Waals surface area contributed by atoms with Crippen molar-refractivity contribution in [3.05, 3.63) is 29.3 Å². The van der Waals surface area contributed by atoms with Crippen molar-refractivity contribution in [3.8, 4) is 5.75 Å². The van der Waals surface area contributed by atoms with Crippen LogP contribution in [0.3, 0.4) is 0 Å². The second kappa shape index (κ2) is 4.23. The summed E-state index contributed by atoms with van der Waals surface area (Å²) < 4.78 is 5.85. The number of hydrogen-bond acceptors (Lipinski definition) is 3. The standard InChI is InChI=1S/C15H19NO3/c1-15(2)8-11-7-10(3-4-13(11)19-15)9-16-6-5-12(16)14(17)18/h3-4,7,12H,5-6,8-9H2,1-2H3,(H,17,18)/t12-/m1/s1. The van der Waals surface area contributed by atoms with Gasteiger partial charge in [0.05, 0.1) is 0 Å². The molecule has 1 fully saturated rings. The third-order valence-corrected chi connectivity index (χ3v) is 3.93. The van der Waals surface area contributed by atoms with Crippen molar-refractivity contribution in [2.45, 2.75) is 44.9 Å². The molecule has 0 aromatic heterocycles. The minimum Gasteiger partial charge on any atom is -0.487 e. The maximum absolute atomic E-state index is 11.0. The van der Waals surface area contributed by atoms with Crippen LogP contribution in [0.4, 0.5) is 0 Å². The lowest BCUT2D eigenvalue weighted by Crippen LogP contribution is -2.51. The number of carboxylic acid groups (broad SMARTS) is 1. The van der Waals surface area contributed by atoms with Crippen molar-refractivity contribution < 1.29 is 14.6 Å². The van der Waals surface area contributed by atoms with E-state index in [0.717, 1.165) is 25.1 Å². The van der Waals surface area contributed by atoms with Crippen molar-refractivity contribution >= 4 is 5.97 Å². The molecule has 0 radical (unpaired) electrons. The van der Waals surface area contributed by atoms with Gasteiger partial charge in [-0.2, -0.15) is 0 Å². The zero-order chi connectivity index (χ0) is 13.6. The zero-order valence-electron chi connectivity index (χ0n) is 11.3. The van der Waals surface area contributed by atoms with Crippen LogP contribution in [0, 0.1) is 0 Å². The molecule has 0 amide bonds. The molecule has 2 heterocycles. The summed E-state index contributed by atoms with van der Waals surface area (Å²) >= 11 is 0. The van der Waals surface area contributed by atoms with E-state index in [2.05, 4.69) is 19.9 Å². The Balaban J connectivity index is 1.73. The summed E-state index contributed by atoms with van der Waals surface area (Å²) in [4.78, 5) is 13.0. The van der Waals surface area contributed by atoms with E-state index in [9.17, 15) is 4.79 Å². The van der Waals surface area contributed by atoms with Crippen molar-refractivity contribution in [2.24, 2.45) is 0 Å². The van der Waals surface area contributed by atoms with Gasteiger partial charge < -0.3 is 9.84 Å². The number of aliphatic carboxylic acids is 1. The molecule has 1 aromatic carbocycles. The van der Waals surface area contributed by atoms with Crippen molar-refractivity contribution in [2.75, 3.05) is 6.54 Å². The van der Waals surface area contributed by atoms with Crippen LogP contribution < -0.4 is 4.74 Å². The maximum atomic E-state index is 11.0. The second-order valence-corrected chi connectivity index (χ2v) is 6.09. The van der Waals surface area contributed by atoms with Gasteiger partial charge >= 0.3 is 5.97 Å². The molecule has 0 spiro atoms. The predicted molar refractivity (Wildman–Crippen MR) is 71.3 cm³/mol. The number of likely N-dealkylation sites (tertiary alicyclic amines) is 1. The molecule has 0 aliphatic carbocycles. The molecule has 4 nitrogen and oxygen atoms in total. The number of carbonyl (C=O) groups is 1. The minimum absolute atomic E-state index is 0.124. The van der Waals surface area contributed by atoms with Crippen LogP contribution in [0.25, 0.3) is 0 Å². The second-order valence-electron chi connectivity index (χ2n) is 6.09. The first-order valence-corrected chi connectivity index (χ1v) is 6.72. The van der Waals surface area contributed by atoms with Gasteiger partial charge in [-0.1, -0.05) is 12.1 Å². The molecule has 1 aromatic rings. The van der Waals surface area contributed by atoms with Gasteiger partial charge in [0, 0.05) is 19.5 Å². The fourth-order valence-corrected chi connectivity index (χ4v) is 2.91. The first-order chi connectivity index (χ1) is 8.94. The third kappa shape index (κ3) is 2.32. The van der Waals surface area contributed by atoms with E-state index in [1.54, 1.807) is 0 Å². The number of rotatable bonds is 3. The summed E-state index contributed by atoms with van der Waals surface area (Å²) in [6.07, 6.45) is 1.68. The summed E-state index contributed by atoms with van der Waals surface area (Å²) in [6.45, 7) is 5.76. The quantitative estimate of drug-likeness (QED) is 0.905. The molecule has 2 aliphatic heterocycles. The average Bonchev–Trinajstić information content (AvgIpc) is 2.56. The van der Waals surface area contributed by atoms with Crippen LogP contribution in [0.15, 0.2) is 18.2 Å². The Kier molecular flexibility index (Phi) is 2.78. The van der Waals surface area contributed by atoms with Crippen LogP contribution in [0.2, 0.25) is 0 Å². The SMILES string of the molecule is CC1(C)Cc2cc(CN3CC[C@@H]3C(=O)O)ccc2O1. The Hall–Kier alpha value is -1.55. The largest absolute Gasteiger partial charge is 0.487 e. The van der Waals surface area contributed by atoms with Crippen LogP contribution in [0.1, 0.15) is 31.4 Å². The van der Waals surface area contributed by atoms with Crippen LogP contribution in [-0.4, -0.2) is 34.2 Å². The van der Waals surface area contributed by atoms with Crippen LogP contribution in [-0.2, 0) is 17.8 Å². The molecule has 19 heavy (non-hydrogen) atoms. The Morgan fingerprint density at radius 2 is 2.32 bits per heavy atom. The van der Waals surface area contributed by atoms with Gasteiger partial charge in [-0.25, -0.2) is 0 Å². The lowest BCUT2D eigenvalue weighted by molar-refractivity contribution is -0.148. The Morgan fingerprint density at radius 3 is 2.95 bits per heavy atom. The fourth-order valence-electron chi connectivity index (χ4n) is 2.91. The molecule has 102 valence electrons. The highest BCUT2D eigenvalue weighted by atomic mass is 16.5. The summed E-state index contributed by atoms with van der Waals surface area (Å²) in [6, 6.07) is 5.90. The molecule has 1 saturated heterocycles. The molecule has 3 rings (SSSR count). The van der Waals surface area contributed by atoms with Gasteiger partial charge in [-0.15, -0.1) is 0 Å². The number of carboxylic acids is 1. The highest BCUT2D eigenvalue weighted by Gasteiger charge is 2.34.